The van der Waals surface area contributed by atoms with Crippen molar-refractivity contribution in [2.45, 2.75) is 30.6 Å². The van der Waals surface area contributed by atoms with Crippen LogP contribution in [-0.2, 0) is 10.0 Å². The normalized spacial score (nSPS) is 15.8. The summed E-state index contributed by atoms with van der Waals surface area (Å²) in [4.78, 5) is 12.7. The van der Waals surface area contributed by atoms with Crippen molar-refractivity contribution < 1.29 is 13.2 Å². The lowest BCUT2D eigenvalue weighted by molar-refractivity contribution is 0.102. The van der Waals surface area contributed by atoms with Gasteiger partial charge in [-0.1, -0.05) is 47.6 Å². The molecule has 0 aromatic heterocycles. The molecule has 28 heavy (non-hydrogen) atoms. The highest BCUT2D eigenvalue weighted by Crippen LogP contribution is 2.28. The van der Waals surface area contributed by atoms with Gasteiger partial charge in [-0.3, -0.25) is 4.79 Å². The molecule has 1 aliphatic heterocycles. The molecule has 3 rings (SSSR count). The van der Waals surface area contributed by atoms with Crippen molar-refractivity contribution in [2.75, 3.05) is 18.4 Å². The molecule has 0 spiro atoms. The standard InChI is InChI=1S/C19H19Cl3N2O3S/c20-13-5-8-18(17(22)11-13)23-19(25)15-12-14(6-7-16(15)21)28(26,27)24-9-3-1-2-4-10-24/h5-8,11-12H,1-4,9-10H2,(H,23,25). The number of nitrogens with one attached hydrogen (secondary N) is 1. The van der Waals surface area contributed by atoms with Crippen molar-refractivity contribution in [1.29, 1.82) is 0 Å². The summed E-state index contributed by atoms with van der Waals surface area (Å²) in [7, 11) is -3.69. The molecule has 9 heteroatoms. The first-order valence-corrected chi connectivity index (χ1v) is 11.4. The van der Waals surface area contributed by atoms with Crippen LogP contribution in [-0.4, -0.2) is 31.7 Å². The highest BCUT2D eigenvalue weighted by atomic mass is 35.5. The fourth-order valence-electron chi connectivity index (χ4n) is 3.05. The van der Waals surface area contributed by atoms with Crippen molar-refractivity contribution >= 4 is 56.4 Å². The molecule has 2 aromatic carbocycles. The quantitative estimate of drug-likeness (QED) is 0.657. The van der Waals surface area contributed by atoms with Crippen molar-refractivity contribution in [3.05, 3.63) is 57.0 Å². The minimum absolute atomic E-state index is 0.0474. The van der Waals surface area contributed by atoms with E-state index in [-0.39, 0.29) is 20.5 Å². The smallest absolute Gasteiger partial charge is 0.257 e. The van der Waals surface area contributed by atoms with E-state index in [1.807, 2.05) is 0 Å². The number of carbonyl (C=O) groups excluding carboxylic acids is 1. The topological polar surface area (TPSA) is 66.5 Å². The summed E-state index contributed by atoms with van der Waals surface area (Å²) in [5.41, 5.74) is 0.413. The Balaban J connectivity index is 1.89. The molecule has 2 aromatic rings. The third-order valence-corrected chi connectivity index (χ3v) is 7.34. The van der Waals surface area contributed by atoms with Gasteiger partial charge in [-0.25, -0.2) is 8.42 Å². The molecule has 5 nitrogen and oxygen atoms in total. The van der Waals surface area contributed by atoms with Crippen LogP contribution in [0.2, 0.25) is 15.1 Å². The Morgan fingerprint density at radius 2 is 1.57 bits per heavy atom. The van der Waals surface area contributed by atoms with Gasteiger partial charge in [-0.05, 0) is 49.2 Å². The molecule has 150 valence electrons. The second kappa shape index (κ2) is 9.01. The summed E-state index contributed by atoms with van der Waals surface area (Å²) in [5, 5.41) is 3.50. The van der Waals surface area contributed by atoms with Crippen LogP contribution in [0.3, 0.4) is 0 Å². The number of sulfonamides is 1. The van der Waals surface area contributed by atoms with Gasteiger partial charge < -0.3 is 5.32 Å². The SMILES string of the molecule is O=C(Nc1ccc(Cl)cc1Cl)c1cc(S(=O)(=O)N2CCCCCC2)ccc1Cl. The number of hydrogen-bond acceptors (Lipinski definition) is 3. The molecule has 0 atom stereocenters. The van der Waals surface area contributed by atoms with E-state index in [0.29, 0.717) is 23.8 Å². The van der Waals surface area contributed by atoms with Gasteiger partial charge in [0.1, 0.15) is 0 Å². The average molecular weight is 462 g/mol. The van der Waals surface area contributed by atoms with Gasteiger partial charge in [0.25, 0.3) is 5.91 Å². The summed E-state index contributed by atoms with van der Waals surface area (Å²) >= 11 is 18.1. The number of carbonyl (C=O) groups is 1. The van der Waals surface area contributed by atoms with Crippen LogP contribution in [0.1, 0.15) is 36.0 Å². The van der Waals surface area contributed by atoms with E-state index in [0.717, 1.165) is 25.7 Å². The number of amides is 1. The second-order valence-electron chi connectivity index (χ2n) is 6.54. The van der Waals surface area contributed by atoms with Gasteiger partial charge in [0, 0.05) is 18.1 Å². The second-order valence-corrected chi connectivity index (χ2v) is 9.73. The summed E-state index contributed by atoms with van der Waals surface area (Å²) in [5.74, 6) is -0.554. The molecule has 0 bridgehead atoms. The molecular formula is C19H19Cl3N2O3S. The molecule has 0 aliphatic carbocycles. The number of nitrogens with zero attached hydrogens (tertiary/aromatic N) is 1. The van der Waals surface area contributed by atoms with Gasteiger partial charge in [0.15, 0.2) is 0 Å². The first-order chi connectivity index (χ1) is 13.3. The predicted molar refractivity (Wildman–Crippen MR) is 113 cm³/mol. The number of rotatable bonds is 4. The highest BCUT2D eigenvalue weighted by Gasteiger charge is 2.26. The van der Waals surface area contributed by atoms with E-state index in [9.17, 15) is 13.2 Å². The van der Waals surface area contributed by atoms with E-state index in [1.165, 1.54) is 28.6 Å². The van der Waals surface area contributed by atoms with Crippen LogP contribution in [0.25, 0.3) is 0 Å². The molecule has 1 saturated heterocycles. The Morgan fingerprint density at radius 1 is 0.893 bits per heavy atom. The molecule has 0 radical (unpaired) electrons. The summed E-state index contributed by atoms with van der Waals surface area (Å²) < 4.78 is 27.5. The van der Waals surface area contributed by atoms with Crippen LogP contribution in [0.15, 0.2) is 41.3 Å². The summed E-state index contributed by atoms with van der Waals surface area (Å²) in [6.45, 7) is 0.958. The van der Waals surface area contributed by atoms with Crippen molar-refractivity contribution in [1.82, 2.24) is 4.31 Å². The fraction of sp³-hybridized carbons (Fsp3) is 0.316. The fourth-order valence-corrected chi connectivity index (χ4v) is 5.25. The zero-order chi connectivity index (χ0) is 20.3. The molecule has 1 aliphatic rings. The monoisotopic (exact) mass is 460 g/mol. The lowest BCUT2D eigenvalue weighted by Crippen LogP contribution is -2.32. The predicted octanol–water partition coefficient (Wildman–Crippen LogP) is 5.46. The van der Waals surface area contributed by atoms with Gasteiger partial charge in [-0.2, -0.15) is 4.31 Å². The lowest BCUT2D eigenvalue weighted by Gasteiger charge is -2.20. The molecule has 1 fully saturated rings. The van der Waals surface area contributed by atoms with Gasteiger partial charge in [0.2, 0.25) is 10.0 Å². The third kappa shape index (κ3) is 4.81. The number of benzene rings is 2. The number of hydrogen-bond donors (Lipinski definition) is 1. The Labute approximate surface area is 179 Å². The largest absolute Gasteiger partial charge is 0.321 e. The van der Waals surface area contributed by atoms with Gasteiger partial charge in [-0.15, -0.1) is 0 Å². The zero-order valence-corrected chi connectivity index (χ0v) is 18.0. The van der Waals surface area contributed by atoms with E-state index in [4.69, 9.17) is 34.8 Å². The van der Waals surface area contributed by atoms with E-state index < -0.39 is 15.9 Å². The summed E-state index contributed by atoms with van der Waals surface area (Å²) in [6, 6.07) is 8.81. The van der Waals surface area contributed by atoms with Gasteiger partial charge in [0.05, 0.1) is 26.2 Å². The maximum absolute atomic E-state index is 13.0. The van der Waals surface area contributed by atoms with Crippen LogP contribution in [0.5, 0.6) is 0 Å². The van der Waals surface area contributed by atoms with Crippen LogP contribution < -0.4 is 5.32 Å². The average Bonchev–Trinajstić information content (AvgIpc) is 2.94. The van der Waals surface area contributed by atoms with Crippen LogP contribution in [0, 0.1) is 0 Å². The Morgan fingerprint density at radius 3 is 2.21 bits per heavy atom. The number of halogens is 3. The maximum Gasteiger partial charge on any atom is 0.257 e. The van der Waals surface area contributed by atoms with Crippen molar-refractivity contribution in [2.24, 2.45) is 0 Å². The minimum Gasteiger partial charge on any atom is -0.321 e. The highest BCUT2D eigenvalue weighted by molar-refractivity contribution is 7.89. The lowest BCUT2D eigenvalue weighted by atomic mass is 10.2. The molecule has 1 amide bonds. The number of anilines is 1. The van der Waals surface area contributed by atoms with Gasteiger partial charge >= 0.3 is 0 Å². The van der Waals surface area contributed by atoms with Crippen LogP contribution >= 0.6 is 34.8 Å². The molecular weight excluding hydrogens is 443 g/mol. The van der Waals surface area contributed by atoms with E-state index >= 15 is 0 Å². The molecule has 1 N–H and O–H groups in total. The first kappa shape index (κ1) is 21.4. The Bertz CT molecular complexity index is 988. The Kier molecular flexibility index (Phi) is 6.89. The maximum atomic E-state index is 13.0. The first-order valence-electron chi connectivity index (χ1n) is 8.85. The zero-order valence-electron chi connectivity index (χ0n) is 14.9. The Hall–Kier alpha value is -1.31. The minimum atomic E-state index is -3.69. The molecule has 0 unspecified atom stereocenters. The third-order valence-electron chi connectivity index (χ3n) is 4.56. The van der Waals surface area contributed by atoms with Crippen molar-refractivity contribution in [3.63, 3.8) is 0 Å². The molecule has 1 heterocycles. The van der Waals surface area contributed by atoms with E-state index in [2.05, 4.69) is 5.32 Å². The summed E-state index contributed by atoms with van der Waals surface area (Å²) in [6.07, 6.45) is 3.69. The van der Waals surface area contributed by atoms with E-state index in [1.54, 1.807) is 12.1 Å². The van der Waals surface area contributed by atoms with Crippen LogP contribution in [0.4, 0.5) is 5.69 Å². The molecule has 0 saturated carbocycles. The van der Waals surface area contributed by atoms with Crippen molar-refractivity contribution in [3.8, 4) is 0 Å².